The van der Waals surface area contributed by atoms with E-state index >= 15 is 0 Å². The van der Waals surface area contributed by atoms with Crippen molar-refractivity contribution in [2.24, 2.45) is 0 Å². The molecule has 0 aliphatic carbocycles. The van der Waals surface area contributed by atoms with E-state index in [0.29, 0.717) is 6.61 Å². The summed E-state index contributed by atoms with van der Waals surface area (Å²) in [4.78, 5) is 11.0. The van der Waals surface area contributed by atoms with Gasteiger partial charge >= 0.3 is 5.97 Å². The molecule has 0 saturated carbocycles. The van der Waals surface area contributed by atoms with Crippen molar-refractivity contribution >= 4 is 5.97 Å². The zero-order valence-corrected chi connectivity index (χ0v) is 16.1. The maximum atomic E-state index is 11.0. The number of rotatable bonds is 9. The van der Waals surface area contributed by atoms with Gasteiger partial charge in [0, 0.05) is 6.42 Å². The second-order valence-electron chi connectivity index (χ2n) is 6.50. The van der Waals surface area contributed by atoms with E-state index in [0.717, 1.165) is 23.5 Å². The molecule has 0 radical (unpaired) electrons. The topological polar surface area (TPSA) is 55.8 Å². The second kappa shape index (κ2) is 10.3. The molecule has 2 aromatic rings. The summed E-state index contributed by atoms with van der Waals surface area (Å²) < 4.78 is 11.7. The number of benzene rings is 2. The summed E-state index contributed by atoms with van der Waals surface area (Å²) in [5.74, 6) is 6.21. The number of carboxylic acid groups (broad SMARTS) is 1. The smallest absolute Gasteiger partial charge is 0.304 e. The van der Waals surface area contributed by atoms with E-state index in [1.165, 1.54) is 5.56 Å². The van der Waals surface area contributed by atoms with Crippen LogP contribution in [0.1, 0.15) is 43.7 Å². The van der Waals surface area contributed by atoms with Crippen LogP contribution in [0.5, 0.6) is 11.5 Å². The Morgan fingerprint density at radius 3 is 2.52 bits per heavy atom. The SMILES string of the molecule is CC#CC(CC(=O)O)c1ccc(OCC[C@@H](C)Oc2cccc(C)c2)cc1. The van der Waals surface area contributed by atoms with E-state index in [1.54, 1.807) is 6.92 Å². The van der Waals surface area contributed by atoms with E-state index in [1.807, 2.05) is 62.4 Å². The highest BCUT2D eigenvalue weighted by Crippen LogP contribution is 2.22. The van der Waals surface area contributed by atoms with Gasteiger partial charge in [-0.2, -0.15) is 0 Å². The lowest BCUT2D eigenvalue weighted by Gasteiger charge is -2.16. The first-order valence-corrected chi connectivity index (χ1v) is 9.08. The Balaban J connectivity index is 1.83. The largest absolute Gasteiger partial charge is 0.493 e. The molecule has 0 heterocycles. The normalized spacial score (nSPS) is 12.4. The Kier molecular flexibility index (Phi) is 7.76. The summed E-state index contributed by atoms with van der Waals surface area (Å²) >= 11 is 0. The fourth-order valence-electron chi connectivity index (χ4n) is 2.72. The molecule has 4 heteroatoms. The average molecular weight is 366 g/mol. The zero-order valence-electron chi connectivity index (χ0n) is 16.1. The first-order valence-electron chi connectivity index (χ1n) is 9.08. The third kappa shape index (κ3) is 7.07. The highest BCUT2D eigenvalue weighted by atomic mass is 16.5. The molecule has 0 spiro atoms. The number of aliphatic carboxylic acids is 1. The van der Waals surface area contributed by atoms with Gasteiger partial charge in [0.2, 0.25) is 0 Å². The van der Waals surface area contributed by atoms with Crippen LogP contribution in [0.15, 0.2) is 48.5 Å². The van der Waals surface area contributed by atoms with Crippen molar-refractivity contribution in [3.8, 4) is 23.3 Å². The average Bonchev–Trinajstić information content (AvgIpc) is 2.61. The van der Waals surface area contributed by atoms with E-state index in [-0.39, 0.29) is 18.4 Å². The van der Waals surface area contributed by atoms with Gasteiger partial charge in [-0.15, -0.1) is 5.92 Å². The van der Waals surface area contributed by atoms with Crippen molar-refractivity contribution in [2.75, 3.05) is 6.61 Å². The lowest BCUT2D eigenvalue weighted by Crippen LogP contribution is -2.15. The van der Waals surface area contributed by atoms with Crippen molar-refractivity contribution in [2.45, 2.75) is 45.6 Å². The summed E-state index contributed by atoms with van der Waals surface area (Å²) in [6.07, 6.45) is 0.805. The van der Waals surface area contributed by atoms with Crippen LogP contribution in [0.4, 0.5) is 0 Å². The number of aryl methyl sites for hydroxylation is 1. The zero-order chi connectivity index (χ0) is 19.6. The minimum Gasteiger partial charge on any atom is -0.493 e. The Labute approximate surface area is 161 Å². The fraction of sp³-hybridized carbons (Fsp3) is 0.348. The predicted octanol–water partition coefficient (Wildman–Crippen LogP) is 4.81. The Morgan fingerprint density at radius 1 is 1.15 bits per heavy atom. The van der Waals surface area contributed by atoms with Gasteiger partial charge in [-0.1, -0.05) is 30.2 Å². The summed E-state index contributed by atoms with van der Waals surface area (Å²) in [5.41, 5.74) is 2.06. The van der Waals surface area contributed by atoms with Crippen LogP contribution in [0.3, 0.4) is 0 Å². The molecule has 1 N–H and O–H groups in total. The van der Waals surface area contributed by atoms with Crippen LogP contribution >= 0.6 is 0 Å². The van der Waals surface area contributed by atoms with Gasteiger partial charge in [0.25, 0.3) is 0 Å². The van der Waals surface area contributed by atoms with Crippen molar-refractivity contribution < 1.29 is 19.4 Å². The van der Waals surface area contributed by atoms with Crippen LogP contribution in [-0.2, 0) is 4.79 Å². The highest BCUT2D eigenvalue weighted by molar-refractivity contribution is 5.69. The molecule has 2 atom stereocenters. The maximum absolute atomic E-state index is 11.0. The van der Waals surface area contributed by atoms with Crippen LogP contribution in [-0.4, -0.2) is 23.8 Å². The Morgan fingerprint density at radius 2 is 1.89 bits per heavy atom. The van der Waals surface area contributed by atoms with Crippen LogP contribution in [0.25, 0.3) is 0 Å². The lowest BCUT2D eigenvalue weighted by atomic mass is 9.96. The molecule has 0 fully saturated rings. The Hall–Kier alpha value is -2.93. The van der Waals surface area contributed by atoms with E-state index < -0.39 is 5.97 Å². The molecule has 4 nitrogen and oxygen atoms in total. The summed E-state index contributed by atoms with van der Waals surface area (Å²) in [7, 11) is 0. The maximum Gasteiger partial charge on any atom is 0.304 e. The molecule has 0 amide bonds. The first kappa shape index (κ1) is 20.4. The van der Waals surface area contributed by atoms with Crippen molar-refractivity contribution in [3.63, 3.8) is 0 Å². The molecule has 2 aromatic carbocycles. The van der Waals surface area contributed by atoms with Crippen LogP contribution in [0.2, 0.25) is 0 Å². The third-order valence-electron chi connectivity index (χ3n) is 4.10. The molecule has 142 valence electrons. The molecule has 0 aromatic heterocycles. The number of hydrogen-bond acceptors (Lipinski definition) is 3. The fourth-order valence-corrected chi connectivity index (χ4v) is 2.72. The van der Waals surface area contributed by atoms with Gasteiger partial charge in [0.05, 0.1) is 25.0 Å². The van der Waals surface area contributed by atoms with Crippen molar-refractivity contribution in [3.05, 3.63) is 59.7 Å². The number of carbonyl (C=O) groups is 1. The van der Waals surface area contributed by atoms with Gasteiger partial charge in [-0.05, 0) is 56.2 Å². The molecule has 2 rings (SSSR count). The highest BCUT2D eigenvalue weighted by Gasteiger charge is 2.13. The molecule has 27 heavy (non-hydrogen) atoms. The molecule has 0 bridgehead atoms. The van der Waals surface area contributed by atoms with E-state index in [4.69, 9.17) is 14.6 Å². The molecule has 1 unspecified atom stereocenters. The van der Waals surface area contributed by atoms with Gasteiger partial charge in [0.1, 0.15) is 11.5 Å². The van der Waals surface area contributed by atoms with Crippen LogP contribution in [0, 0.1) is 18.8 Å². The molecule has 0 aliphatic rings. The summed E-state index contributed by atoms with van der Waals surface area (Å²) in [6.45, 7) is 6.32. The monoisotopic (exact) mass is 366 g/mol. The van der Waals surface area contributed by atoms with E-state index in [9.17, 15) is 4.79 Å². The number of hydrogen-bond donors (Lipinski definition) is 1. The first-order chi connectivity index (χ1) is 13.0. The van der Waals surface area contributed by atoms with Crippen molar-refractivity contribution in [1.82, 2.24) is 0 Å². The van der Waals surface area contributed by atoms with Gasteiger partial charge in [0.15, 0.2) is 0 Å². The van der Waals surface area contributed by atoms with Gasteiger partial charge in [-0.25, -0.2) is 0 Å². The predicted molar refractivity (Wildman–Crippen MR) is 106 cm³/mol. The third-order valence-corrected chi connectivity index (χ3v) is 4.10. The quantitative estimate of drug-likeness (QED) is 0.647. The van der Waals surface area contributed by atoms with Gasteiger partial charge < -0.3 is 14.6 Å². The number of carboxylic acids is 1. The minimum absolute atomic E-state index is 0.00510. The van der Waals surface area contributed by atoms with Crippen molar-refractivity contribution in [1.29, 1.82) is 0 Å². The Bertz CT molecular complexity index is 799. The molecule has 0 saturated heterocycles. The van der Waals surface area contributed by atoms with Gasteiger partial charge in [-0.3, -0.25) is 4.79 Å². The standard InChI is InChI=1S/C23H26O4/c1-4-6-20(16-23(24)25)19-9-11-21(12-10-19)26-14-13-18(3)27-22-8-5-7-17(2)15-22/h5,7-12,15,18,20H,13-14,16H2,1-3H3,(H,24,25)/t18-,20?/m1/s1. The van der Waals surface area contributed by atoms with E-state index in [2.05, 4.69) is 11.8 Å². The minimum atomic E-state index is -0.856. The van der Waals surface area contributed by atoms with Crippen LogP contribution < -0.4 is 9.47 Å². The molecular weight excluding hydrogens is 340 g/mol. The lowest BCUT2D eigenvalue weighted by molar-refractivity contribution is -0.137. The molecule has 0 aliphatic heterocycles. The summed E-state index contributed by atoms with van der Waals surface area (Å²) in [6, 6.07) is 15.5. The molecular formula is C23H26O4. The number of ether oxygens (including phenoxy) is 2. The second-order valence-corrected chi connectivity index (χ2v) is 6.50. The summed E-state index contributed by atoms with van der Waals surface area (Å²) in [5, 5.41) is 9.01.